The van der Waals surface area contributed by atoms with Crippen molar-refractivity contribution in [2.75, 3.05) is 12.4 Å². The molecule has 0 spiro atoms. The Kier molecular flexibility index (Phi) is 3.29. The standard InChI is InChI=1S/C17H16FN3/c1-10-7-8-12(9-13(10)18)16-20-14-6-4-5-11(2)15(14)17(19-3)21-16/h4-9H,1-3H3,(H,19,20,21). The van der Waals surface area contributed by atoms with E-state index in [1.807, 2.05) is 38.2 Å². The minimum absolute atomic E-state index is 0.244. The normalized spacial score (nSPS) is 10.9. The number of nitrogens with one attached hydrogen (secondary N) is 1. The molecule has 3 aromatic rings. The van der Waals surface area contributed by atoms with Gasteiger partial charge in [-0.2, -0.15) is 0 Å². The average Bonchev–Trinajstić information content (AvgIpc) is 2.49. The van der Waals surface area contributed by atoms with Crippen LogP contribution in [-0.2, 0) is 0 Å². The van der Waals surface area contributed by atoms with Crippen LogP contribution < -0.4 is 5.32 Å². The first-order chi connectivity index (χ1) is 10.1. The van der Waals surface area contributed by atoms with Crippen molar-refractivity contribution in [3.63, 3.8) is 0 Å². The van der Waals surface area contributed by atoms with Crippen LogP contribution in [0, 0.1) is 19.7 Å². The van der Waals surface area contributed by atoms with Gasteiger partial charge in [-0.25, -0.2) is 14.4 Å². The summed E-state index contributed by atoms with van der Waals surface area (Å²) in [6, 6.07) is 11.0. The van der Waals surface area contributed by atoms with E-state index in [4.69, 9.17) is 0 Å². The molecule has 0 saturated carbocycles. The maximum Gasteiger partial charge on any atom is 0.162 e. The number of nitrogens with zero attached hydrogens (tertiary/aromatic N) is 2. The van der Waals surface area contributed by atoms with Crippen LogP contribution in [0.5, 0.6) is 0 Å². The minimum atomic E-state index is -0.244. The van der Waals surface area contributed by atoms with Crippen molar-refractivity contribution in [2.45, 2.75) is 13.8 Å². The number of fused-ring (bicyclic) bond motifs is 1. The minimum Gasteiger partial charge on any atom is -0.373 e. The molecule has 0 fully saturated rings. The Morgan fingerprint density at radius 1 is 1.00 bits per heavy atom. The number of aryl methyl sites for hydroxylation is 2. The third kappa shape index (κ3) is 2.33. The average molecular weight is 281 g/mol. The number of halogens is 1. The Hall–Kier alpha value is -2.49. The second-order valence-electron chi connectivity index (χ2n) is 5.08. The molecule has 2 aromatic carbocycles. The molecular formula is C17H16FN3. The van der Waals surface area contributed by atoms with Crippen LogP contribution in [0.2, 0.25) is 0 Å². The zero-order chi connectivity index (χ0) is 15.0. The van der Waals surface area contributed by atoms with Crippen LogP contribution in [0.1, 0.15) is 11.1 Å². The van der Waals surface area contributed by atoms with Crippen molar-refractivity contribution in [1.29, 1.82) is 0 Å². The largest absolute Gasteiger partial charge is 0.373 e. The molecule has 0 radical (unpaired) electrons. The maximum atomic E-state index is 13.8. The Balaban J connectivity index is 2.26. The first-order valence-electron chi connectivity index (χ1n) is 6.82. The Morgan fingerprint density at radius 2 is 1.81 bits per heavy atom. The molecule has 0 atom stereocenters. The Morgan fingerprint density at radius 3 is 2.52 bits per heavy atom. The van der Waals surface area contributed by atoms with E-state index in [1.54, 1.807) is 13.0 Å². The van der Waals surface area contributed by atoms with Gasteiger partial charge in [-0.3, -0.25) is 0 Å². The van der Waals surface area contributed by atoms with Gasteiger partial charge in [-0.05, 0) is 37.1 Å². The highest BCUT2D eigenvalue weighted by Crippen LogP contribution is 2.27. The number of hydrogen-bond donors (Lipinski definition) is 1. The van der Waals surface area contributed by atoms with E-state index in [0.29, 0.717) is 17.0 Å². The van der Waals surface area contributed by atoms with E-state index in [9.17, 15) is 4.39 Å². The molecule has 1 aromatic heterocycles. The van der Waals surface area contributed by atoms with Crippen LogP contribution in [0.3, 0.4) is 0 Å². The summed E-state index contributed by atoms with van der Waals surface area (Å²) < 4.78 is 13.8. The molecule has 3 rings (SSSR count). The predicted molar refractivity (Wildman–Crippen MR) is 84.0 cm³/mol. The first kappa shape index (κ1) is 13.5. The van der Waals surface area contributed by atoms with Gasteiger partial charge in [0.1, 0.15) is 11.6 Å². The molecular weight excluding hydrogens is 265 g/mol. The summed E-state index contributed by atoms with van der Waals surface area (Å²) in [6.07, 6.45) is 0. The number of aromatic nitrogens is 2. The molecule has 0 aliphatic carbocycles. The highest BCUT2D eigenvalue weighted by Gasteiger charge is 2.11. The molecule has 0 unspecified atom stereocenters. The van der Waals surface area contributed by atoms with Crippen molar-refractivity contribution in [2.24, 2.45) is 0 Å². The molecule has 21 heavy (non-hydrogen) atoms. The zero-order valence-corrected chi connectivity index (χ0v) is 12.2. The second kappa shape index (κ2) is 5.13. The van der Waals surface area contributed by atoms with E-state index < -0.39 is 0 Å². The van der Waals surface area contributed by atoms with Gasteiger partial charge in [0, 0.05) is 18.0 Å². The van der Waals surface area contributed by atoms with Crippen LogP contribution in [0.15, 0.2) is 36.4 Å². The van der Waals surface area contributed by atoms with Gasteiger partial charge in [-0.1, -0.05) is 24.3 Å². The first-order valence-corrected chi connectivity index (χ1v) is 6.82. The van der Waals surface area contributed by atoms with E-state index in [1.165, 1.54) is 6.07 Å². The van der Waals surface area contributed by atoms with Crippen molar-refractivity contribution in [1.82, 2.24) is 9.97 Å². The summed E-state index contributed by atoms with van der Waals surface area (Å²) in [6.45, 7) is 3.76. The molecule has 0 aliphatic rings. The topological polar surface area (TPSA) is 37.8 Å². The highest BCUT2D eigenvalue weighted by atomic mass is 19.1. The van der Waals surface area contributed by atoms with E-state index in [2.05, 4.69) is 15.3 Å². The number of anilines is 1. The lowest BCUT2D eigenvalue weighted by Crippen LogP contribution is -2.00. The van der Waals surface area contributed by atoms with Gasteiger partial charge in [0.2, 0.25) is 0 Å². The molecule has 1 N–H and O–H groups in total. The summed E-state index contributed by atoms with van der Waals surface area (Å²) in [4.78, 5) is 9.10. The molecule has 1 heterocycles. The fourth-order valence-corrected chi connectivity index (χ4v) is 2.40. The maximum absolute atomic E-state index is 13.8. The van der Waals surface area contributed by atoms with Crippen LogP contribution in [0.4, 0.5) is 10.2 Å². The molecule has 106 valence electrons. The van der Waals surface area contributed by atoms with E-state index >= 15 is 0 Å². The van der Waals surface area contributed by atoms with Crippen molar-refractivity contribution in [3.8, 4) is 11.4 Å². The van der Waals surface area contributed by atoms with Gasteiger partial charge in [0.15, 0.2) is 5.82 Å². The zero-order valence-electron chi connectivity index (χ0n) is 12.2. The van der Waals surface area contributed by atoms with Crippen molar-refractivity contribution < 1.29 is 4.39 Å². The Labute approximate surface area is 122 Å². The Bertz CT molecular complexity index is 828. The summed E-state index contributed by atoms with van der Waals surface area (Å²) in [5.41, 5.74) is 3.26. The van der Waals surface area contributed by atoms with Crippen molar-refractivity contribution >= 4 is 16.7 Å². The van der Waals surface area contributed by atoms with Gasteiger partial charge in [0.25, 0.3) is 0 Å². The smallest absolute Gasteiger partial charge is 0.162 e. The van der Waals surface area contributed by atoms with Gasteiger partial charge >= 0.3 is 0 Å². The third-order valence-electron chi connectivity index (χ3n) is 3.60. The van der Waals surface area contributed by atoms with Gasteiger partial charge in [-0.15, -0.1) is 0 Å². The number of benzene rings is 2. The summed E-state index contributed by atoms with van der Waals surface area (Å²) in [7, 11) is 1.83. The van der Waals surface area contributed by atoms with E-state index in [0.717, 1.165) is 22.3 Å². The quantitative estimate of drug-likeness (QED) is 0.768. The molecule has 3 nitrogen and oxygen atoms in total. The van der Waals surface area contributed by atoms with Crippen LogP contribution in [-0.4, -0.2) is 17.0 Å². The molecule has 0 amide bonds. The number of hydrogen-bond acceptors (Lipinski definition) is 3. The molecule has 4 heteroatoms. The highest BCUT2D eigenvalue weighted by molar-refractivity contribution is 5.93. The predicted octanol–water partition coefficient (Wildman–Crippen LogP) is 4.09. The number of rotatable bonds is 2. The van der Waals surface area contributed by atoms with Crippen LogP contribution in [0.25, 0.3) is 22.3 Å². The van der Waals surface area contributed by atoms with Crippen molar-refractivity contribution in [3.05, 3.63) is 53.3 Å². The summed E-state index contributed by atoms with van der Waals surface area (Å²) in [5.74, 6) is 1.04. The van der Waals surface area contributed by atoms with E-state index in [-0.39, 0.29) is 5.82 Å². The van der Waals surface area contributed by atoms with Crippen LogP contribution >= 0.6 is 0 Å². The molecule has 0 saturated heterocycles. The lowest BCUT2D eigenvalue weighted by atomic mass is 10.1. The summed E-state index contributed by atoms with van der Waals surface area (Å²) in [5, 5.41) is 4.10. The fraction of sp³-hybridized carbons (Fsp3) is 0.176. The SMILES string of the molecule is CNc1nc(-c2ccc(C)c(F)c2)nc2cccc(C)c12. The fourth-order valence-electron chi connectivity index (χ4n) is 2.40. The lowest BCUT2D eigenvalue weighted by Gasteiger charge is -2.10. The lowest BCUT2D eigenvalue weighted by molar-refractivity contribution is 0.619. The summed E-state index contributed by atoms with van der Waals surface area (Å²) >= 11 is 0. The molecule has 0 bridgehead atoms. The van der Waals surface area contributed by atoms with Gasteiger partial charge in [0.05, 0.1) is 5.52 Å². The second-order valence-corrected chi connectivity index (χ2v) is 5.08. The van der Waals surface area contributed by atoms with Gasteiger partial charge < -0.3 is 5.32 Å². The third-order valence-corrected chi connectivity index (χ3v) is 3.60. The molecule has 0 aliphatic heterocycles. The monoisotopic (exact) mass is 281 g/mol.